The zero-order valence-electron chi connectivity index (χ0n) is 51.5. The number of aliphatic hydroxyl groups is 1. The van der Waals surface area contributed by atoms with Crippen LogP contribution >= 0.6 is 12.2 Å². The molecule has 0 saturated carbocycles. The number of aromatic hydroxyl groups is 1. The summed E-state index contributed by atoms with van der Waals surface area (Å²) >= 11 is 5.71. The molecule has 0 aliphatic carbocycles. The Labute approximate surface area is 535 Å². The summed E-state index contributed by atoms with van der Waals surface area (Å²) in [5, 5.41) is 47.3. The number of benzene rings is 4. The number of phenolic OH excluding ortho intramolecular Hbond substituents is 1. The lowest BCUT2D eigenvalue weighted by molar-refractivity contribution is -0.132. The molecule has 6 aromatic rings. The van der Waals surface area contributed by atoms with Crippen LogP contribution in [0.4, 0.5) is 27.4 Å². The number of hydrogen-bond donors (Lipinski definition) is 2. The predicted octanol–water partition coefficient (Wildman–Crippen LogP) is 8.00. The zero-order chi connectivity index (χ0) is 63.8. The molecule has 4 fully saturated rings. The fraction of sp³-hybridized carbons (Fsp3) is 0.406. The zero-order valence-corrected chi connectivity index (χ0v) is 52.3. The van der Waals surface area contributed by atoms with Crippen LogP contribution in [0, 0.1) is 28.6 Å². The van der Waals surface area contributed by atoms with Crippen LogP contribution in [0.3, 0.4) is 0 Å². The van der Waals surface area contributed by atoms with Crippen LogP contribution in [0.2, 0.25) is 0 Å². The van der Waals surface area contributed by atoms with Crippen LogP contribution in [-0.2, 0) is 35.5 Å². The first kappa shape index (κ1) is 62.1. The highest BCUT2D eigenvalue weighted by atomic mass is 32.1. The van der Waals surface area contributed by atoms with E-state index in [2.05, 4.69) is 94.3 Å². The summed E-state index contributed by atoms with van der Waals surface area (Å²) in [5.41, 5.74) is 8.30. The molecule has 470 valence electrons. The molecule has 4 aromatic carbocycles. The van der Waals surface area contributed by atoms with Crippen LogP contribution < -0.4 is 29.1 Å². The molecule has 12 rings (SSSR count). The highest BCUT2D eigenvalue weighted by Crippen LogP contribution is 2.44. The highest BCUT2D eigenvalue weighted by Gasteiger charge is 2.40. The Morgan fingerprint density at radius 1 is 0.758 bits per heavy atom. The molecule has 2 amide bonds. The molecule has 4 saturated heterocycles. The van der Waals surface area contributed by atoms with E-state index in [0.29, 0.717) is 90.6 Å². The largest absolute Gasteiger partial charge is 0.508 e. The summed E-state index contributed by atoms with van der Waals surface area (Å²) in [5.74, 6) is -1.48. The molecule has 2 aromatic heterocycles. The number of nitriles is 2. The maximum atomic E-state index is 14.5. The monoisotopic (exact) mass is 1250 g/mol. The minimum atomic E-state index is -1.10. The van der Waals surface area contributed by atoms with E-state index in [4.69, 9.17) is 41.6 Å². The van der Waals surface area contributed by atoms with E-state index < -0.39 is 29.8 Å². The van der Waals surface area contributed by atoms with Crippen LogP contribution in [0.5, 0.6) is 17.8 Å². The molecule has 2 N–H and O–H groups in total. The standard InChI is InChI=1S/C69H75FN14O6S/c1-7-43-12-10-14-46-29-52(85)32-60(63(43)46)80-23-20-55-57(37-80)73-68(76-66(55)82-25-27-84(67(88)42(4)70)61(38-82)44(8-2)33-72)89-39-50-16-17-58(78(50)6)48-28-45-13-11-15-47(41-91)64(45)59(30-48)79-22-19-54-56(36-79)74-69(90-40-51-31-53(86)35-77(51)5)75-65(54)81-24-26-83(62(87)9-3)49(34-81)18-21-71/h7-15,28-30,32,41,44,49-51,53,58,61,85-86H,1-4,16-20,22-27,31,34-40H2,5-6H3/t44?,49-,50-,51-,53?,58?,61+/m0/s1. The van der Waals surface area contributed by atoms with Gasteiger partial charge in [0, 0.05) is 122 Å². The molecule has 0 bridgehead atoms. The first-order valence-corrected chi connectivity index (χ1v) is 31.6. The third-order valence-electron chi connectivity index (χ3n) is 19.4. The van der Waals surface area contributed by atoms with Gasteiger partial charge in [-0.1, -0.05) is 80.5 Å². The maximum Gasteiger partial charge on any atom is 0.318 e. The number of likely N-dealkylation sites (tertiary alicyclic amines) is 2. The van der Waals surface area contributed by atoms with Crippen molar-refractivity contribution in [3.8, 4) is 29.9 Å². The van der Waals surface area contributed by atoms with Crippen molar-refractivity contribution in [2.45, 2.75) is 87.9 Å². The number of rotatable bonds is 18. The maximum absolute atomic E-state index is 14.5. The normalized spacial score (nSPS) is 22.2. The second-order valence-corrected chi connectivity index (χ2v) is 24.8. The number of β-amino-alcohol motifs (C(OH)–C–C–N with tert-alkyl or cyclic N) is 1. The molecule has 20 nitrogen and oxygen atoms in total. The van der Waals surface area contributed by atoms with Crippen molar-refractivity contribution in [2.24, 2.45) is 5.92 Å². The number of carbonyl (C=O) groups is 2. The second kappa shape index (κ2) is 26.4. The van der Waals surface area contributed by atoms with Gasteiger partial charge in [0.15, 0.2) is 5.83 Å². The Hall–Kier alpha value is -9.06. The van der Waals surface area contributed by atoms with E-state index in [1.807, 2.05) is 42.3 Å². The van der Waals surface area contributed by atoms with Gasteiger partial charge in [0.1, 0.15) is 30.6 Å². The molecule has 7 atom stereocenters. The number of amides is 2. The predicted molar refractivity (Wildman–Crippen MR) is 353 cm³/mol. The Morgan fingerprint density at radius 3 is 1.97 bits per heavy atom. The number of thiocarbonyl (C=S) groups is 1. The van der Waals surface area contributed by atoms with Crippen LogP contribution in [0.15, 0.2) is 105 Å². The SMILES string of the molecule is C=CC(=O)N1CCN(c2nc(OC[C@@H]3CC(O)CN3C)nc3c2CCN(c2cc(C4CC[C@@H](COc5nc6c(c(N7CCN(C(=O)C(=C)F)[C@@H](C(C#N)C=C)C7)n5)CCN(c5cc(O)cc7cccc(C=C)c57)C6)N4C)cc4cccc(C=S)c24)C3)C[C@@H]1CC#N. The average Bonchev–Trinajstić information content (AvgIpc) is 1.87. The van der Waals surface area contributed by atoms with E-state index in [1.165, 1.54) is 17.1 Å². The van der Waals surface area contributed by atoms with E-state index >= 15 is 0 Å². The molecule has 6 aliphatic rings. The topological polar surface area (TPSA) is 218 Å². The van der Waals surface area contributed by atoms with Crippen molar-refractivity contribution in [2.75, 3.05) is 106 Å². The number of hydrogen-bond acceptors (Lipinski definition) is 19. The third-order valence-corrected chi connectivity index (χ3v) is 19.6. The fourth-order valence-corrected chi connectivity index (χ4v) is 14.8. The van der Waals surface area contributed by atoms with Gasteiger partial charge in [-0.15, -0.1) is 6.58 Å². The number of carbonyl (C=O) groups excluding carboxylic acids is 2. The molecular formula is C69H75FN14O6S. The summed E-state index contributed by atoms with van der Waals surface area (Å²) in [7, 11) is 4.10. The molecule has 91 heavy (non-hydrogen) atoms. The summed E-state index contributed by atoms with van der Waals surface area (Å²) < 4.78 is 27.8. The van der Waals surface area contributed by atoms with Gasteiger partial charge in [0.2, 0.25) is 5.91 Å². The van der Waals surface area contributed by atoms with Gasteiger partial charge < -0.3 is 49.1 Å². The number of nitrogens with zero attached hydrogens (tertiary/aromatic N) is 14. The first-order chi connectivity index (χ1) is 44.1. The van der Waals surface area contributed by atoms with Gasteiger partial charge in [-0.25, -0.2) is 4.39 Å². The van der Waals surface area contributed by atoms with Gasteiger partial charge in [-0.3, -0.25) is 19.4 Å². The summed E-state index contributed by atoms with van der Waals surface area (Å²) in [6, 6.07) is 24.0. The quantitative estimate of drug-likeness (QED) is 0.0473. The van der Waals surface area contributed by atoms with Gasteiger partial charge in [-0.2, -0.15) is 30.5 Å². The van der Waals surface area contributed by atoms with Crippen LogP contribution in [0.25, 0.3) is 27.6 Å². The van der Waals surface area contributed by atoms with E-state index in [0.717, 1.165) is 90.8 Å². The molecule has 0 spiro atoms. The van der Waals surface area contributed by atoms with Crippen LogP contribution in [0.1, 0.15) is 70.9 Å². The number of piperazine rings is 2. The number of anilines is 4. The lowest BCUT2D eigenvalue weighted by Crippen LogP contribution is -2.58. The third kappa shape index (κ3) is 12.2. The minimum absolute atomic E-state index is 0.000420. The van der Waals surface area contributed by atoms with Gasteiger partial charge in [0.05, 0.1) is 67.1 Å². The number of phenols is 1. The lowest BCUT2D eigenvalue weighted by Gasteiger charge is -2.44. The van der Waals surface area contributed by atoms with Gasteiger partial charge in [-0.05, 0) is 97.9 Å². The van der Waals surface area contributed by atoms with Crippen molar-refractivity contribution < 1.29 is 33.7 Å². The molecule has 22 heteroatoms. The Kier molecular flexibility index (Phi) is 18.0. The molecule has 8 heterocycles. The van der Waals surface area contributed by atoms with Gasteiger partial charge in [0.25, 0.3) is 5.91 Å². The molecule has 0 radical (unpaired) electrons. The lowest BCUT2D eigenvalue weighted by atomic mass is 9.94. The number of ether oxygens (including phenoxy) is 2. The summed E-state index contributed by atoms with van der Waals surface area (Å²) in [6.45, 7) is 20.0. The average molecular weight is 1250 g/mol. The minimum Gasteiger partial charge on any atom is -0.508 e. The van der Waals surface area contributed by atoms with E-state index in [1.54, 1.807) is 22.4 Å². The number of fused-ring (bicyclic) bond motifs is 4. The highest BCUT2D eigenvalue weighted by molar-refractivity contribution is 7.79. The second-order valence-electron chi connectivity index (χ2n) is 24.6. The Morgan fingerprint density at radius 2 is 1.37 bits per heavy atom. The number of aromatic nitrogens is 4. The number of halogens is 1. The summed E-state index contributed by atoms with van der Waals surface area (Å²) in [6.07, 6.45) is 7.68. The van der Waals surface area contributed by atoms with Crippen molar-refractivity contribution in [3.05, 3.63) is 144 Å². The fourth-order valence-electron chi connectivity index (χ4n) is 14.6. The first-order valence-electron chi connectivity index (χ1n) is 31.1. The number of likely N-dealkylation sites (N-methyl/N-ethyl adjacent to an activating group) is 2. The number of aliphatic hydroxyl groups excluding tert-OH is 1. The van der Waals surface area contributed by atoms with Crippen molar-refractivity contribution in [3.63, 3.8) is 0 Å². The molecule has 6 aliphatic heterocycles. The van der Waals surface area contributed by atoms with Crippen LogP contribution in [-0.4, -0.2) is 183 Å². The molecule has 3 unspecified atom stereocenters. The Bertz CT molecular complexity index is 3990. The van der Waals surface area contributed by atoms with Crippen molar-refractivity contribution in [1.29, 1.82) is 10.5 Å². The van der Waals surface area contributed by atoms with E-state index in [9.17, 15) is 34.7 Å². The molecular weight excluding hydrogens is 1170 g/mol. The summed E-state index contributed by atoms with van der Waals surface area (Å²) in [4.78, 5) is 63.1. The van der Waals surface area contributed by atoms with E-state index in [-0.39, 0.29) is 74.0 Å². The van der Waals surface area contributed by atoms with Crippen molar-refractivity contribution >= 4 is 80.0 Å². The Balaban J connectivity index is 0.841. The van der Waals surface area contributed by atoms with Gasteiger partial charge >= 0.3 is 12.0 Å². The smallest absolute Gasteiger partial charge is 0.318 e. The van der Waals surface area contributed by atoms with Crippen molar-refractivity contribution in [1.82, 2.24) is 39.5 Å².